The Balaban J connectivity index is 1.62. The number of hydrogen-bond donors (Lipinski definition) is 2. The van der Waals surface area contributed by atoms with Gasteiger partial charge in [0, 0.05) is 26.2 Å². The Bertz CT molecular complexity index is 789. The molecule has 0 bridgehead atoms. The lowest BCUT2D eigenvalue weighted by Crippen LogP contribution is -2.52. The van der Waals surface area contributed by atoms with Crippen molar-refractivity contribution >= 4 is 17.6 Å². The van der Waals surface area contributed by atoms with Gasteiger partial charge >= 0.3 is 6.03 Å². The summed E-state index contributed by atoms with van der Waals surface area (Å²) in [7, 11) is 1.57. The van der Waals surface area contributed by atoms with Crippen LogP contribution in [0.4, 0.5) is 10.5 Å². The maximum Gasteiger partial charge on any atom is 0.322 e. The van der Waals surface area contributed by atoms with Gasteiger partial charge in [-0.3, -0.25) is 9.69 Å². The van der Waals surface area contributed by atoms with E-state index >= 15 is 0 Å². The Labute approximate surface area is 158 Å². The largest absolute Gasteiger partial charge is 0.495 e. The van der Waals surface area contributed by atoms with E-state index in [0.717, 1.165) is 5.56 Å². The number of carbonyl (C=O) groups excluding carboxylic acids is 2. The molecule has 1 aliphatic rings. The highest BCUT2D eigenvalue weighted by Crippen LogP contribution is 2.25. The summed E-state index contributed by atoms with van der Waals surface area (Å²) in [4.78, 5) is 28.3. The van der Waals surface area contributed by atoms with Gasteiger partial charge in [0.05, 0.1) is 12.8 Å². The minimum Gasteiger partial charge on any atom is -0.495 e. The number of primary amides is 1. The molecule has 0 aliphatic carbocycles. The number of rotatable bonds is 5. The predicted octanol–water partition coefficient (Wildman–Crippen LogP) is 2.07. The van der Waals surface area contributed by atoms with E-state index in [9.17, 15) is 9.59 Å². The number of urea groups is 1. The zero-order valence-electron chi connectivity index (χ0n) is 15.3. The fourth-order valence-corrected chi connectivity index (χ4v) is 3.32. The number of nitrogens with zero attached hydrogens (tertiary/aromatic N) is 2. The maximum atomic E-state index is 12.6. The van der Waals surface area contributed by atoms with Crippen molar-refractivity contribution in [3.05, 3.63) is 60.2 Å². The van der Waals surface area contributed by atoms with E-state index in [-0.39, 0.29) is 11.9 Å². The molecule has 0 unspecified atom stereocenters. The van der Waals surface area contributed by atoms with Crippen molar-refractivity contribution in [2.75, 3.05) is 38.6 Å². The number of carbonyl (C=O) groups is 2. The third-order valence-corrected chi connectivity index (χ3v) is 4.70. The van der Waals surface area contributed by atoms with Crippen LogP contribution in [0.5, 0.6) is 5.75 Å². The summed E-state index contributed by atoms with van der Waals surface area (Å²) >= 11 is 0. The first-order chi connectivity index (χ1) is 13.1. The van der Waals surface area contributed by atoms with Crippen molar-refractivity contribution < 1.29 is 14.3 Å². The van der Waals surface area contributed by atoms with Crippen LogP contribution in [0.15, 0.2) is 54.6 Å². The molecule has 0 spiro atoms. The number of benzene rings is 2. The standard InChI is InChI=1S/C20H24N4O3/c1-27-17-10-6-5-9-16(17)22-20(26)24-13-11-23(12-14-24)18(19(21)25)15-7-3-2-4-8-15/h2-10,18H,11-14H2,1H3,(H2,21,25)(H,22,26)/t18-/m1/s1. The molecule has 1 saturated heterocycles. The van der Waals surface area contributed by atoms with Gasteiger partial charge < -0.3 is 20.7 Å². The number of amides is 3. The second kappa shape index (κ2) is 8.55. The smallest absolute Gasteiger partial charge is 0.322 e. The normalized spacial score (nSPS) is 15.8. The van der Waals surface area contributed by atoms with E-state index in [0.29, 0.717) is 37.6 Å². The fraction of sp³-hybridized carbons (Fsp3) is 0.300. The van der Waals surface area contributed by atoms with Gasteiger partial charge in [0.15, 0.2) is 0 Å². The van der Waals surface area contributed by atoms with Gasteiger partial charge in [0.25, 0.3) is 0 Å². The molecule has 1 fully saturated rings. The maximum absolute atomic E-state index is 12.6. The molecule has 7 heteroatoms. The van der Waals surface area contributed by atoms with Crippen LogP contribution < -0.4 is 15.8 Å². The molecule has 27 heavy (non-hydrogen) atoms. The molecule has 0 saturated carbocycles. The van der Waals surface area contributed by atoms with Crippen LogP contribution in [0.1, 0.15) is 11.6 Å². The SMILES string of the molecule is COc1ccccc1NC(=O)N1CCN([C@@H](C(N)=O)c2ccccc2)CC1. The molecule has 3 rings (SSSR count). The number of anilines is 1. The summed E-state index contributed by atoms with van der Waals surface area (Å²) in [6.07, 6.45) is 0. The summed E-state index contributed by atoms with van der Waals surface area (Å²) in [6, 6.07) is 16.1. The lowest BCUT2D eigenvalue weighted by atomic mass is 10.0. The van der Waals surface area contributed by atoms with Crippen molar-refractivity contribution in [2.45, 2.75) is 6.04 Å². The molecule has 0 aromatic heterocycles. The quantitative estimate of drug-likeness (QED) is 0.846. The number of para-hydroxylation sites is 2. The predicted molar refractivity (Wildman–Crippen MR) is 104 cm³/mol. The fourth-order valence-electron chi connectivity index (χ4n) is 3.32. The summed E-state index contributed by atoms with van der Waals surface area (Å²) < 4.78 is 5.26. The Kier molecular flexibility index (Phi) is 5.93. The number of nitrogens with two attached hydrogens (primary N) is 1. The number of nitrogens with one attached hydrogen (secondary N) is 1. The number of ether oxygens (including phenoxy) is 1. The van der Waals surface area contributed by atoms with Crippen LogP contribution in [0.25, 0.3) is 0 Å². The average molecular weight is 368 g/mol. The second-order valence-electron chi connectivity index (χ2n) is 6.37. The van der Waals surface area contributed by atoms with Gasteiger partial charge in [0.2, 0.25) is 5.91 Å². The molecule has 7 nitrogen and oxygen atoms in total. The van der Waals surface area contributed by atoms with Crippen LogP contribution in [0, 0.1) is 0 Å². The summed E-state index contributed by atoms with van der Waals surface area (Å²) in [5.41, 5.74) is 7.14. The Morgan fingerprint density at radius 3 is 2.26 bits per heavy atom. The van der Waals surface area contributed by atoms with Crippen molar-refractivity contribution in [1.29, 1.82) is 0 Å². The minimum absolute atomic E-state index is 0.186. The highest BCUT2D eigenvalue weighted by Gasteiger charge is 2.30. The van der Waals surface area contributed by atoms with E-state index in [4.69, 9.17) is 10.5 Å². The van der Waals surface area contributed by atoms with Crippen molar-refractivity contribution in [2.24, 2.45) is 5.73 Å². The molecular formula is C20H24N4O3. The van der Waals surface area contributed by atoms with Gasteiger partial charge in [-0.25, -0.2) is 4.79 Å². The Morgan fingerprint density at radius 1 is 1.00 bits per heavy atom. The van der Waals surface area contributed by atoms with Gasteiger partial charge in [-0.1, -0.05) is 42.5 Å². The van der Waals surface area contributed by atoms with Crippen LogP contribution >= 0.6 is 0 Å². The van der Waals surface area contributed by atoms with E-state index in [1.54, 1.807) is 24.1 Å². The lowest BCUT2D eigenvalue weighted by molar-refractivity contribution is -0.124. The average Bonchev–Trinajstić information content (AvgIpc) is 2.69. The van der Waals surface area contributed by atoms with Crippen LogP contribution in [0.2, 0.25) is 0 Å². The molecule has 1 aliphatic heterocycles. The van der Waals surface area contributed by atoms with Crippen molar-refractivity contribution in [3.8, 4) is 5.75 Å². The third-order valence-electron chi connectivity index (χ3n) is 4.70. The monoisotopic (exact) mass is 368 g/mol. The van der Waals surface area contributed by atoms with Crippen molar-refractivity contribution in [3.63, 3.8) is 0 Å². The van der Waals surface area contributed by atoms with E-state index in [2.05, 4.69) is 5.32 Å². The van der Waals surface area contributed by atoms with E-state index in [1.165, 1.54) is 0 Å². The molecule has 142 valence electrons. The van der Waals surface area contributed by atoms with E-state index < -0.39 is 6.04 Å². The minimum atomic E-state index is -0.481. The molecule has 3 amide bonds. The number of piperazine rings is 1. The molecule has 0 radical (unpaired) electrons. The summed E-state index contributed by atoms with van der Waals surface area (Å²) in [5.74, 6) is 0.232. The molecular weight excluding hydrogens is 344 g/mol. The highest BCUT2D eigenvalue weighted by atomic mass is 16.5. The van der Waals surface area contributed by atoms with E-state index in [1.807, 2.05) is 47.4 Å². The highest BCUT2D eigenvalue weighted by molar-refractivity contribution is 5.91. The molecule has 2 aromatic rings. The molecule has 1 heterocycles. The Morgan fingerprint density at radius 2 is 1.63 bits per heavy atom. The first-order valence-electron chi connectivity index (χ1n) is 8.87. The summed E-state index contributed by atoms with van der Waals surface area (Å²) in [5, 5.41) is 2.88. The van der Waals surface area contributed by atoms with Crippen molar-refractivity contribution in [1.82, 2.24) is 9.80 Å². The first-order valence-corrected chi connectivity index (χ1v) is 8.87. The van der Waals surface area contributed by atoms with Crippen LogP contribution in [-0.4, -0.2) is 55.0 Å². The van der Waals surface area contributed by atoms with Gasteiger partial charge in [-0.05, 0) is 17.7 Å². The molecule has 1 atom stereocenters. The second-order valence-corrected chi connectivity index (χ2v) is 6.37. The Hall–Kier alpha value is -3.06. The summed E-state index contributed by atoms with van der Waals surface area (Å²) in [6.45, 7) is 2.17. The molecule has 2 aromatic carbocycles. The van der Waals surface area contributed by atoms with Gasteiger partial charge in [0.1, 0.15) is 11.8 Å². The van der Waals surface area contributed by atoms with Crippen LogP contribution in [0.3, 0.4) is 0 Å². The number of methoxy groups -OCH3 is 1. The van der Waals surface area contributed by atoms with Gasteiger partial charge in [-0.15, -0.1) is 0 Å². The zero-order valence-corrected chi connectivity index (χ0v) is 15.3. The first kappa shape index (κ1) is 18.7. The topological polar surface area (TPSA) is 87.9 Å². The van der Waals surface area contributed by atoms with Gasteiger partial charge in [-0.2, -0.15) is 0 Å². The zero-order chi connectivity index (χ0) is 19.2. The third kappa shape index (κ3) is 4.38. The lowest BCUT2D eigenvalue weighted by Gasteiger charge is -2.38. The van der Waals surface area contributed by atoms with Crippen LogP contribution in [-0.2, 0) is 4.79 Å². The number of hydrogen-bond acceptors (Lipinski definition) is 4. The molecule has 3 N–H and O–H groups in total.